The van der Waals surface area contributed by atoms with E-state index in [-0.39, 0.29) is 5.54 Å². The van der Waals surface area contributed by atoms with E-state index in [0.29, 0.717) is 10.8 Å². The first-order valence-electron chi connectivity index (χ1n) is 5.31. The molecule has 0 saturated heterocycles. The maximum atomic E-state index is 10.0. The van der Waals surface area contributed by atoms with Crippen LogP contribution in [0.5, 0.6) is 5.75 Å². The van der Waals surface area contributed by atoms with Crippen LogP contribution >= 0.6 is 11.6 Å². The van der Waals surface area contributed by atoms with Crippen LogP contribution in [0, 0.1) is 6.92 Å². The van der Waals surface area contributed by atoms with Crippen LogP contribution in [0.15, 0.2) is 12.1 Å². The highest BCUT2D eigenvalue weighted by Crippen LogP contribution is 2.42. The first-order valence-corrected chi connectivity index (χ1v) is 5.69. The van der Waals surface area contributed by atoms with Crippen molar-refractivity contribution in [1.82, 2.24) is 0 Å². The molecule has 3 N–H and O–H groups in total. The molecule has 1 saturated carbocycles. The summed E-state index contributed by atoms with van der Waals surface area (Å²) in [5.74, 6) is 0.309. The van der Waals surface area contributed by atoms with Gasteiger partial charge >= 0.3 is 0 Å². The summed E-state index contributed by atoms with van der Waals surface area (Å²) in [5, 5.41) is 10.7. The highest BCUT2D eigenvalue weighted by Gasteiger charge is 2.34. The molecule has 0 amide bonds. The molecule has 15 heavy (non-hydrogen) atoms. The van der Waals surface area contributed by atoms with Crippen molar-refractivity contribution in [3.05, 3.63) is 28.3 Å². The van der Waals surface area contributed by atoms with E-state index >= 15 is 0 Å². The van der Waals surface area contributed by atoms with Crippen LogP contribution in [-0.2, 0) is 5.54 Å². The number of phenolic OH excluding ortho intramolecular Hbond substituents is 1. The number of hydrogen-bond acceptors (Lipinski definition) is 2. The normalized spacial score (nSPS) is 19.4. The summed E-state index contributed by atoms with van der Waals surface area (Å²) >= 11 is 6.00. The van der Waals surface area contributed by atoms with E-state index in [1.807, 2.05) is 6.92 Å². The number of rotatable bonds is 1. The van der Waals surface area contributed by atoms with Crippen molar-refractivity contribution in [2.24, 2.45) is 5.73 Å². The second kappa shape index (κ2) is 3.69. The van der Waals surface area contributed by atoms with Crippen LogP contribution in [-0.4, -0.2) is 5.11 Å². The minimum atomic E-state index is -0.375. The van der Waals surface area contributed by atoms with Crippen LogP contribution in [0.4, 0.5) is 0 Å². The molecule has 0 heterocycles. The molecule has 2 rings (SSSR count). The molecule has 0 atom stereocenters. The zero-order chi connectivity index (χ0) is 11.1. The van der Waals surface area contributed by atoms with E-state index in [9.17, 15) is 5.11 Å². The zero-order valence-electron chi connectivity index (χ0n) is 8.89. The van der Waals surface area contributed by atoms with Crippen molar-refractivity contribution >= 4 is 11.6 Å². The number of aromatic hydroxyl groups is 1. The zero-order valence-corrected chi connectivity index (χ0v) is 9.64. The standard InChI is InChI=1S/C12H16ClNO/c1-8-6-9(13)7-10(11(8)15)12(14)4-2-3-5-12/h6-7,15H,2-5,14H2,1H3. The lowest BCUT2D eigenvalue weighted by atomic mass is 9.87. The molecule has 0 bridgehead atoms. The average Bonchev–Trinajstić information content (AvgIpc) is 2.59. The van der Waals surface area contributed by atoms with Gasteiger partial charge in [-0.25, -0.2) is 0 Å². The number of nitrogens with two attached hydrogens (primary N) is 1. The van der Waals surface area contributed by atoms with Crippen molar-refractivity contribution in [3.63, 3.8) is 0 Å². The number of phenols is 1. The monoisotopic (exact) mass is 225 g/mol. The van der Waals surface area contributed by atoms with Crippen LogP contribution < -0.4 is 5.73 Å². The minimum absolute atomic E-state index is 0.309. The Kier molecular flexibility index (Phi) is 2.65. The van der Waals surface area contributed by atoms with Gasteiger partial charge in [0, 0.05) is 16.1 Å². The fraction of sp³-hybridized carbons (Fsp3) is 0.500. The van der Waals surface area contributed by atoms with Crippen LogP contribution in [0.2, 0.25) is 5.02 Å². The fourth-order valence-electron chi connectivity index (χ4n) is 2.39. The Morgan fingerprint density at radius 3 is 2.53 bits per heavy atom. The van der Waals surface area contributed by atoms with Gasteiger partial charge in [0.15, 0.2) is 0 Å². The highest BCUT2D eigenvalue weighted by atomic mass is 35.5. The molecule has 1 aliphatic rings. The molecule has 82 valence electrons. The molecule has 1 aliphatic carbocycles. The Morgan fingerprint density at radius 1 is 1.33 bits per heavy atom. The maximum absolute atomic E-state index is 10.0. The molecule has 0 aromatic heterocycles. The molecule has 2 nitrogen and oxygen atoms in total. The van der Waals surface area contributed by atoms with Crippen molar-refractivity contribution in [1.29, 1.82) is 0 Å². The van der Waals surface area contributed by atoms with Gasteiger partial charge in [-0.1, -0.05) is 24.4 Å². The van der Waals surface area contributed by atoms with E-state index in [0.717, 1.165) is 36.8 Å². The summed E-state index contributed by atoms with van der Waals surface area (Å²) in [6.45, 7) is 1.85. The SMILES string of the molecule is Cc1cc(Cl)cc(C2(N)CCCC2)c1O. The summed E-state index contributed by atoms with van der Waals surface area (Å²) in [5.41, 5.74) is 7.54. The molecule has 1 aromatic rings. The van der Waals surface area contributed by atoms with E-state index < -0.39 is 0 Å². The Balaban J connectivity index is 2.51. The van der Waals surface area contributed by atoms with Gasteiger partial charge in [-0.05, 0) is 37.5 Å². The van der Waals surface area contributed by atoms with Gasteiger partial charge < -0.3 is 10.8 Å². The van der Waals surface area contributed by atoms with E-state index in [4.69, 9.17) is 17.3 Å². The summed E-state index contributed by atoms with van der Waals surface area (Å²) < 4.78 is 0. The lowest BCUT2D eigenvalue weighted by Gasteiger charge is -2.26. The van der Waals surface area contributed by atoms with E-state index in [2.05, 4.69) is 0 Å². The third-order valence-electron chi connectivity index (χ3n) is 3.30. The summed E-state index contributed by atoms with van der Waals surface area (Å²) in [4.78, 5) is 0. The second-order valence-corrected chi connectivity index (χ2v) is 4.92. The number of hydrogen-bond donors (Lipinski definition) is 2. The third-order valence-corrected chi connectivity index (χ3v) is 3.52. The smallest absolute Gasteiger partial charge is 0.123 e. The molecular formula is C12H16ClNO. The molecule has 0 aliphatic heterocycles. The molecule has 0 radical (unpaired) electrons. The first-order chi connectivity index (χ1) is 7.03. The second-order valence-electron chi connectivity index (χ2n) is 4.48. The van der Waals surface area contributed by atoms with Gasteiger partial charge in [0.1, 0.15) is 5.75 Å². The Hall–Kier alpha value is -0.730. The minimum Gasteiger partial charge on any atom is -0.507 e. The van der Waals surface area contributed by atoms with Crippen LogP contribution in [0.3, 0.4) is 0 Å². The van der Waals surface area contributed by atoms with E-state index in [1.165, 1.54) is 0 Å². The van der Waals surface area contributed by atoms with Crippen molar-refractivity contribution in [2.45, 2.75) is 38.1 Å². The molecule has 1 aromatic carbocycles. The average molecular weight is 226 g/mol. The third kappa shape index (κ3) is 1.84. The quantitative estimate of drug-likeness (QED) is 0.772. The predicted molar refractivity (Wildman–Crippen MR) is 62.2 cm³/mol. The Morgan fingerprint density at radius 2 is 1.93 bits per heavy atom. The first kappa shape index (κ1) is 10.8. The van der Waals surface area contributed by atoms with Gasteiger partial charge in [-0.3, -0.25) is 0 Å². The van der Waals surface area contributed by atoms with Crippen LogP contribution in [0.25, 0.3) is 0 Å². The molecule has 1 fully saturated rings. The molecule has 3 heteroatoms. The van der Waals surface area contributed by atoms with E-state index in [1.54, 1.807) is 12.1 Å². The van der Waals surface area contributed by atoms with Gasteiger partial charge in [0.05, 0.1) is 0 Å². The topological polar surface area (TPSA) is 46.2 Å². The lowest BCUT2D eigenvalue weighted by Crippen LogP contribution is -2.33. The molecule has 0 spiro atoms. The lowest BCUT2D eigenvalue weighted by molar-refractivity contribution is 0.407. The fourth-order valence-corrected chi connectivity index (χ4v) is 2.66. The van der Waals surface area contributed by atoms with Gasteiger partial charge in [-0.15, -0.1) is 0 Å². The maximum Gasteiger partial charge on any atom is 0.123 e. The van der Waals surface area contributed by atoms with Gasteiger partial charge in [0.2, 0.25) is 0 Å². The van der Waals surface area contributed by atoms with Crippen molar-refractivity contribution < 1.29 is 5.11 Å². The number of halogens is 1. The summed E-state index contributed by atoms with van der Waals surface area (Å²) in [6, 6.07) is 3.56. The summed E-state index contributed by atoms with van der Waals surface area (Å²) in [6.07, 6.45) is 4.11. The number of benzene rings is 1. The predicted octanol–water partition coefficient (Wildman–Crippen LogP) is 3.08. The molecular weight excluding hydrogens is 210 g/mol. The Labute approximate surface area is 95.1 Å². The Bertz CT molecular complexity index is 383. The van der Waals surface area contributed by atoms with Crippen molar-refractivity contribution in [3.8, 4) is 5.75 Å². The molecule has 0 unspecified atom stereocenters. The highest BCUT2D eigenvalue weighted by molar-refractivity contribution is 6.30. The largest absolute Gasteiger partial charge is 0.507 e. The number of aryl methyl sites for hydroxylation is 1. The van der Waals surface area contributed by atoms with Gasteiger partial charge in [0.25, 0.3) is 0 Å². The van der Waals surface area contributed by atoms with Crippen LogP contribution in [0.1, 0.15) is 36.8 Å². The summed E-state index contributed by atoms with van der Waals surface area (Å²) in [7, 11) is 0. The van der Waals surface area contributed by atoms with Gasteiger partial charge in [-0.2, -0.15) is 0 Å². The van der Waals surface area contributed by atoms with Crippen molar-refractivity contribution in [2.75, 3.05) is 0 Å².